The molecule has 0 saturated heterocycles. The smallest absolute Gasteiger partial charge is 0.0551 e. The van der Waals surface area contributed by atoms with Gasteiger partial charge in [0.05, 0.1) is 5.52 Å². The van der Waals surface area contributed by atoms with Crippen molar-refractivity contribution in [1.82, 2.24) is 4.98 Å². The van der Waals surface area contributed by atoms with E-state index >= 15 is 0 Å². The number of fused-ring (bicyclic) bond motifs is 8. The molecule has 0 bridgehead atoms. The summed E-state index contributed by atoms with van der Waals surface area (Å²) in [5.74, 6) is 0. The number of aromatic nitrogens is 1. The van der Waals surface area contributed by atoms with Gasteiger partial charge in [-0.15, -0.1) is 0 Å². The lowest BCUT2D eigenvalue weighted by Crippen LogP contribution is -1.96. The van der Waals surface area contributed by atoms with E-state index in [1.807, 2.05) is 30.3 Å². The van der Waals surface area contributed by atoms with Crippen LogP contribution in [-0.4, -0.2) is 11.2 Å². The fourth-order valence-corrected chi connectivity index (χ4v) is 4.59. The van der Waals surface area contributed by atoms with Crippen LogP contribution in [0.4, 0.5) is 11.4 Å². The number of aromatic amines is 1. The quantitative estimate of drug-likeness (QED) is 0.216. The molecule has 0 unspecified atom stereocenters. The number of hydrogen-bond donors (Lipinski definition) is 3. The van der Waals surface area contributed by atoms with Crippen LogP contribution in [0.1, 0.15) is 5.56 Å². The third-order valence-corrected chi connectivity index (χ3v) is 5.89. The van der Waals surface area contributed by atoms with Gasteiger partial charge in [0.15, 0.2) is 0 Å². The first-order valence-corrected chi connectivity index (χ1v) is 10.1. The molecule has 3 N–H and O–H groups in total. The van der Waals surface area contributed by atoms with E-state index in [1.165, 1.54) is 33.1 Å². The number of anilines is 2. The van der Waals surface area contributed by atoms with Gasteiger partial charge in [0.25, 0.3) is 0 Å². The van der Waals surface area contributed by atoms with Crippen LogP contribution >= 0.6 is 0 Å². The van der Waals surface area contributed by atoms with Gasteiger partial charge in [0, 0.05) is 44.8 Å². The van der Waals surface area contributed by atoms with E-state index in [4.69, 9.17) is 5.41 Å². The van der Waals surface area contributed by atoms with E-state index < -0.39 is 0 Å². The average Bonchev–Trinajstić information content (AvgIpc) is 3.20. The maximum absolute atomic E-state index is 8.24. The molecule has 0 saturated carbocycles. The highest BCUT2D eigenvalue weighted by Gasteiger charge is 2.17. The fraction of sp³-hybridized carbons (Fsp3) is 0. The van der Waals surface area contributed by atoms with Crippen molar-refractivity contribution in [2.75, 3.05) is 5.32 Å². The molecule has 0 radical (unpaired) electrons. The van der Waals surface area contributed by atoms with E-state index in [0.29, 0.717) is 0 Å². The summed E-state index contributed by atoms with van der Waals surface area (Å²) < 4.78 is 0. The van der Waals surface area contributed by atoms with Gasteiger partial charge in [0.1, 0.15) is 0 Å². The summed E-state index contributed by atoms with van der Waals surface area (Å²) in [6.07, 6.45) is 1.46. The third-order valence-electron chi connectivity index (χ3n) is 5.89. The summed E-state index contributed by atoms with van der Waals surface area (Å²) in [7, 11) is 0. The van der Waals surface area contributed by atoms with Crippen molar-refractivity contribution in [3.8, 4) is 0 Å². The topological polar surface area (TPSA) is 51.7 Å². The SMILES string of the molecule is N=Cc1c(Nc2ccccc2)ccc2[nH]c3c4ccccc4c4ccccc4c3c12. The minimum absolute atomic E-state index is 0.892. The van der Waals surface area contributed by atoms with Crippen molar-refractivity contribution in [3.63, 3.8) is 0 Å². The van der Waals surface area contributed by atoms with Crippen LogP contribution in [-0.2, 0) is 0 Å². The van der Waals surface area contributed by atoms with Crippen molar-refractivity contribution in [2.24, 2.45) is 0 Å². The van der Waals surface area contributed by atoms with Gasteiger partial charge >= 0.3 is 0 Å². The van der Waals surface area contributed by atoms with Crippen LogP contribution < -0.4 is 5.32 Å². The zero-order valence-electron chi connectivity index (χ0n) is 16.2. The van der Waals surface area contributed by atoms with E-state index in [9.17, 15) is 0 Å². The Morgan fingerprint density at radius 1 is 0.633 bits per heavy atom. The molecule has 3 nitrogen and oxygen atoms in total. The van der Waals surface area contributed by atoms with Gasteiger partial charge in [-0.2, -0.15) is 0 Å². The van der Waals surface area contributed by atoms with Crippen LogP contribution in [0.15, 0.2) is 91.0 Å². The van der Waals surface area contributed by atoms with E-state index in [1.54, 1.807) is 0 Å². The van der Waals surface area contributed by atoms with Gasteiger partial charge in [0.2, 0.25) is 0 Å². The molecule has 5 aromatic carbocycles. The summed E-state index contributed by atoms with van der Waals surface area (Å²) in [5, 5.41) is 18.9. The Hall–Kier alpha value is -4.11. The molecule has 6 rings (SSSR count). The largest absolute Gasteiger partial charge is 0.355 e. The van der Waals surface area contributed by atoms with Crippen LogP contribution in [0.2, 0.25) is 0 Å². The molecule has 1 heterocycles. The molecule has 142 valence electrons. The molecule has 1 aromatic heterocycles. The zero-order chi connectivity index (χ0) is 20.1. The monoisotopic (exact) mass is 385 g/mol. The predicted molar refractivity (Wildman–Crippen MR) is 128 cm³/mol. The van der Waals surface area contributed by atoms with Gasteiger partial charge < -0.3 is 15.7 Å². The van der Waals surface area contributed by atoms with E-state index in [2.05, 4.69) is 71.0 Å². The minimum atomic E-state index is 0.892. The standard InChI is InChI=1S/C27H19N3/c28-16-22-23(29-17-8-2-1-3-9-17)14-15-24-25(22)26-20-12-6-4-10-18(20)19-11-5-7-13-21(19)27(26)30-24/h1-16,28-30H. The van der Waals surface area contributed by atoms with Crippen molar-refractivity contribution in [1.29, 1.82) is 5.41 Å². The Balaban J connectivity index is 1.78. The molecule has 0 aliphatic rings. The number of H-pyrrole nitrogens is 1. The Bertz CT molecular complexity index is 1580. The van der Waals surface area contributed by atoms with Crippen LogP contribution in [0.5, 0.6) is 0 Å². The normalized spacial score (nSPS) is 11.5. The van der Waals surface area contributed by atoms with Gasteiger partial charge in [-0.1, -0.05) is 66.7 Å². The van der Waals surface area contributed by atoms with E-state index in [-0.39, 0.29) is 0 Å². The summed E-state index contributed by atoms with van der Waals surface area (Å²) in [5.41, 5.74) is 5.00. The maximum Gasteiger partial charge on any atom is 0.0551 e. The summed E-state index contributed by atoms with van der Waals surface area (Å²) in [4.78, 5) is 3.65. The first kappa shape index (κ1) is 16.8. The Morgan fingerprint density at radius 2 is 1.27 bits per heavy atom. The molecule has 0 fully saturated rings. The van der Waals surface area contributed by atoms with E-state index in [0.717, 1.165) is 33.4 Å². The molecule has 0 atom stereocenters. The molecule has 0 spiro atoms. The third kappa shape index (κ3) is 2.36. The van der Waals surface area contributed by atoms with Crippen molar-refractivity contribution in [3.05, 3.63) is 96.6 Å². The maximum atomic E-state index is 8.24. The Morgan fingerprint density at radius 3 is 2.00 bits per heavy atom. The number of rotatable bonds is 3. The first-order valence-electron chi connectivity index (χ1n) is 10.1. The lowest BCUT2D eigenvalue weighted by atomic mass is 9.95. The molecule has 0 aliphatic carbocycles. The molecule has 3 heteroatoms. The first-order chi connectivity index (χ1) is 14.8. The zero-order valence-corrected chi connectivity index (χ0v) is 16.2. The second-order valence-electron chi connectivity index (χ2n) is 7.55. The van der Waals surface area contributed by atoms with Gasteiger partial charge in [-0.05, 0) is 40.4 Å². The number of nitrogens with one attached hydrogen (secondary N) is 3. The van der Waals surface area contributed by atoms with Crippen LogP contribution in [0.3, 0.4) is 0 Å². The second kappa shape index (κ2) is 6.46. The Kier molecular flexibility index (Phi) is 3.62. The van der Waals surface area contributed by atoms with Crippen molar-refractivity contribution in [2.45, 2.75) is 0 Å². The van der Waals surface area contributed by atoms with Crippen molar-refractivity contribution < 1.29 is 0 Å². The van der Waals surface area contributed by atoms with Crippen LogP contribution in [0, 0.1) is 5.41 Å². The lowest BCUT2D eigenvalue weighted by molar-refractivity contribution is 1.51. The van der Waals surface area contributed by atoms with Crippen LogP contribution in [0.25, 0.3) is 43.4 Å². The molecular formula is C27H19N3. The molecule has 0 aliphatic heterocycles. The van der Waals surface area contributed by atoms with Gasteiger partial charge in [-0.3, -0.25) is 0 Å². The Labute approximate surface area is 173 Å². The molecule has 6 aromatic rings. The second-order valence-corrected chi connectivity index (χ2v) is 7.55. The highest BCUT2D eigenvalue weighted by Crippen LogP contribution is 2.41. The predicted octanol–water partition coefficient (Wildman–Crippen LogP) is 7.37. The average molecular weight is 385 g/mol. The lowest BCUT2D eigenvalue weighted by Gasteiger charge is -2.12. The van der Waals surface area contributed by atoms with Crippen molar-refractivity contribution >= 4 is 60.9 Å². The molecular weight excluding hydrogens is 366 g/mol. The number of benzene rings is 5. The number of hydrogen-bond acceptors (Lipinski definition) is 2. The molecule has 30 heavy (non-hydrogen) atoms. The summed E-state index contributed by atoms with van der Waals surface area (Å²) >= 11 is 0. The fourth-order valence-electron chi connectivity index (χ4n) is 4.59. The summed E-state index contributed by atoms with van der Waals surface area (Å²) in [6.45, 7) is 0. The summed E-state index contributed by atoms with van der Waals surface area (Å²) in [6, 6.07) is 31.3. The van der Waals surface area contributed by atoms with Gasteiger partial charge in [-0.25, -0.2) is 0 Å². The number of para-hydroxylation sites is 1. The molecule has 0 amide bonds. The minimum Gasteiger partial charge on any atom is -0.355 e. The highest BCUT2D eigenvalue weighted by molar-refractivity contribution is 6.33. The highest BCUT2D eigenvalue weighted by atomic mass is 14.9.